The Kier molecular flexibility index (Phi) is 5.16. The topological polar surface area (TPSA) is 53.9 Å². The van der Waals surface area contributed by atoms with Crippen molar-refractivity contribution >= 4 is 23.5 Å². The van der Waals surface area contributed by atoms with E-state index in [4.69, 9.17) is 4.74 Å². The van der Waals surface area contributed by atoms with Gasteiger partial charge in [0, 0.05) is 18.4 Å². The highest BCUT2D eigenvalue weighted by atomic mass is 19.1. The summed E-state index contributed by atoms with van der Waals surface area (Å²) in [7, 11) is 0. The van der Waals surface area contributed by atoms with Gasteiger partial charge < -0.3 is 10.1 Å². The van der Waals surface area contributed by atoms with Crippen LogP contribution >= 0.6 is 0 Å². The Bertz CT molecular complexity index is 845. The average molecular weight is 367 g/mol. The number of amides is 1. The molecule has 5 nitrogen and oxygen atoms in total. The van der Waals surface area contributed by atoms with E-state index in [1.54, 1.807) is 12.3 Å². The minimum absolute atomic E-state index is 0.193. The molecular formula is C21H22FN3O2. The number of nitrogens with zero attached hydrogens (tertiary/aromatic N) is 2. The number of anilines is 1. The molecule has 1 amide bonds. The molecule has 4 rings (SSSR count). The highest BCUT2D eigenvalue weighted by Gasteiger charge is 2.29. The molecule has 1 atom stereocenters. The molecule has 140 valence electrons. The minimum atomic E-state index is -0.503. The molecule has 2 aliphatic rings. The molecule has 0 saturated carbocycles. The SMILES string of the molecule is O=C1Nc2cc(F)ccc2C1C=Nc1ccc(OCCN2CCCC2)cc1. The molecule has 1 unspecified atom stereocenters. The quantitative estimate of drug-likeness (QED) is 0.792. The summed E-state index contributed by atoms with van der Waals surface area (Å²) in [6.07, 6.45) is 4.17. The van der Waals surface area contributed by atoms with Crippen molar-refractivity contribution in [3.05, 3.63) is 53.8 Å². The smallest absolute Gasteiger partial charge is 0.237 e. The molecule has 0 aromatic heterocycles. The number of rotatable bonds is 6. The first kappa shape index (κ1) is 17.7. The van der Waals surface area contributed by atoms with Gasteiger partial charge in [0.25, 0.3) is 0 Å². The van der Waals surface area contributed by atoms with Crippen LogP contribution in [0.4, 0.5) is 15.8 Å². The van der Waals surface area contributed by atoms with Gasteiger partial charge in [-0.2, -0.15) is 0 Å². The predicted octanol–water partition coefficient (Wildman–Crippen LogP) is 3.74. The zero-order valence-electron chi connectivity index (χ0n) is 15.0. The molecule has 2 aromatic carbocycles. The van der Waals surface area contributed by atoms with E-state index in [9.17, 15) is 9.18 Å². The highest BCUT2D eigenvalue weighted by molar-refractivity contribution is 6.12. The standard InChI is InChI=1S/C21H22FN3O2/c22-15-3-8-18-19(21(26)24-20(18)13-15)14-23-16-4-6-17(7-5-16)27-12-11-25-9-1-2-10-25/h3-8,13-14,19H,1-2,9-12H2,(H,24,26). The molecule has 2 aromatic rings. The van der Waals surface area contributed by atoms with Crippen molar-refractivity contribution < 1.29 is 13.9 Å². The van der Waals surface area contributed by atoms with E-state index >= 15 is 0 Å². The lowest BCUT2D eigenvalue weighted by molar-refractivity contribution is -0.115. The number of hydrogen-bond acceptors (Lipinski definition) is 4. The van der Waals surface area contributed by atoms with Crippen molar-refractivity contribution in [2.24, 2.45) is 4.99 Å². The largest absolute Gasteiger partial charge is 0.492 e. The van der Waals surface area contributed by atoms with Gasteiger partial charge in [0.15, 0.2) is 0 Å². The molecule has 2 heterocycles. The molecule has 0 aliphatic carbocycles. The molecule has 0 radical (unpaired) electrons. The maximum atomic E-state index is 13.3. The summed E-state index contributed by atoms with van der Waals surface area (Å²) < 4.78 is 19.1. The summed E-state index contributed by atoms with van der Waals surface area (Å²) in [6, 6.07) is 11.8. The Labute approximate surface area is 157 Å². The summed E-state index contributed by atoms with van der Waals surface area (Å²) in [6.45, 7) is 3.97. The number of likely N-dealkylation sites (tertiary alicyclic amines) is 1. The van der Waals surface area contributed by atoms with E-state index in [0.29, 0.717) is 12.3 Å². The van der Waals surface area contributed by atoms with Crippen LogP contribution in [0.15, 0.2) is 47.5 Å². The molecule has 1 N–H and O–H groups in total. The fraction of sp³-hybridized carbons (Fsp3) is 0.333. The normalized spacial score (nSPS) is 19.4. The van der Waals surface area contributed by atoms with Crippen molar-refractivity contribution in [1.82, 2.24) is 4.90 Å². The van der Waals surface area contributed by atoms with Crippen molar-refractivity contribution in [3.8, 4) is 5.75 Å². The van der Waals surface area contributed by atoms with Crippen LogP contribution in [0.3, 0.4) is 0 Å². The maximum absolute atomic E-state index is 13.3. The fourth-order valence-corrected chi connectivity index (χ4v) is 3.50. The van der Waals surface area contributed by atoms with E-state index in [0.717, 1.165) is 23.5 Å². The van der Waals surface area contributed by atoms with Crippen LogP contribution < -0.4 is 10.1 Å². The molecule has 0 bridgehead atoms. The maximum Gasteiger partial charge on any atom is 0.237 e. The lowest BCUT2D eigenvalue weighted by Gasteiger charge is -2.14. The Balaban J connectivity index is 1.35. The van der Waals surface area contributed by atoms with Crippen LogP contribution in [0.25, 0.3) is 0 Å². The minimum Gasteiger partial charge on any atom is -0.492 e. The van der Waals surface area contributed by atoms with Crippen LogP contribution in [0, 0.1) is 5.82 Å². The number of ether oxygens (including phenoxy) is 1. The number of fused-ring (bicyclic) bond motifs is 1. The molecule has 2 aliphatic heterocycles. The van der Waals surface area contributed by atoms with Gasteiger partial charge in [-0.3, -0.25) is 14.7 Å². The molecule has 0 spiro atoms. The Morgan fingerprint density at radius 1 is 1.19 bits per heavy atom. The number of aliphatic imine (C=N–C) groups is 1. The van der Waals surface area contributed by atoms with Crippen LogP contribution in [0.1, 0.15) is 24.3 Å². The zero-order valence-corrected chi connectivity index (χ0v) is 15.0. The number of nitrogens with one attached hydrogen (secondary N) is 1. The van der Waals surface area contributed by atoms with Crippen molar-refractivity contribution in [3.63, 3.8) is 0 Å². The average Bonchev–Trinajstić information content (AvgIpc) is 3.28. The van der Waals surface area contributed by atoms with Gasteiger partial charge in [-0.25, -0.2) is 4.39 Å². The number of carbonyl (C=O) groups excluding carboxylic acids is 1. The van der Waals surface area contributed by atoms with E-state index in [-0.39, 0.29) is 11.7 Å². The second-order valence-electron chi connectivity index (χ2n) is 6.87. The number of hydrogen-bond donors (Lipinski definition) is 1. The van der Waals surface area contributed by atoms with Gasteiger partial charge in [0.1, 0.15) is 24.1 Å². The molecular weight excluding hydrogens is 345 g/mol. The highest BCUT2D eigenvalue weighted by Crippen LogP contribution is 2.32. The van der Waals surface area contributed by atoms with Gasteiger partial charge >= 0.3 is 0 Å². The van der Waals surface area contributed by atoms with Gasteiger partial charge in [0.2, 0.25) is 5.91 Å². The van der Waals surface area contributed by atoms with Crippen molar-refractivity contribution in [2.75, 3.05) is 31.6 Å². The lowest BCUT2D eigenvalue weighted by Crippen LogP contribution is -2.25. The monoisotopic (exact) mass is 367 g/mol. The van der Waals surface area contributed by atoms with Crippen LogP contribution in [0.2, 0.25) is 0 Å². The summed E-state index contributed by atoms with van der Waals surface area (Å²) in [5, 5.41) is 2.69. The van der Waals surface area contributed by atoms with Crippen LogP contribution in [-0.4, -0.2) is 43.3 Å². The second-order valence-corrected chi connectivity index (χ2v) is 6.87. The third-order valence-electron chi connectivity index (χ3n) is 4.98. The predicted molar refractivity (Wildman–Crippen MR) is 104 cm³/mol. The number of halogens is 1. The van der Waals surface area contributed by atoms with Crippen LogP contribution in [0.5, 0.6) is 5.75 Å². The van der Waals surface area contributed by atoms with E-state index < -0.39 is 5.92 Å². The third-order valence-corrected chi connectivity index (χ3v) is 4.98. The van der Waals surface area contributed by atoms with Crippen molar-refractivity contribution in [1.29, 1.82) is 0 Å². The number of benzene rings is 2. The first-order valence-electron chi connectivity index (χ1n) is 9.29. The summed E-state index contributed by atoms with van der Waals surface area (Å²) in [4.78, 5) is 18.9. The third kappa shape index (κ3) is 4.17. The van der Waals surface area contributed by atoms with E-state index in [1.807, 2.05) is 24.3 Å². The second kappa shape index (κ2) is 7.88. The first-order valence-corrected chi connectivity index (χ1v) is 9.29. The molecule has 1 saturated heterocycles. The zero-order chi connectivity index (χ0) is 18.6. The first-order chi connectivity index (χ1) is 13.2. The summed E-state index contributed by atoms with van der Waals surface area (Å²) >= 11 is 0. The molecule has 27 heavy (non-hydrogen) atoms. The van der Waals surface area contributed by atoms with Crippen LogP contribution in [-0.2, 0) is 4.79 Å². The Morgan fingerprint density at radius 2 is 1.96 bits per heavy atom. The van der Waals surface area contributed by atoms with Gasteiger partial charge in [-0.1, -0.05) is 6.07 Å². The van der Waals surface area contributed by atoms with E-state index in [1.165, 1.54) is 38.1 Å². The summed E-state index contributed by atoms with van der Waals surface area (Å²) in [5.41, 5.74) is 2.00. The van der Waals surface area contributed by atoms with Gasteiger partial charge in [-0.15, -0.1) is 0 Å². The molecule has 6 heteroatoms. The lowest BCUT2D eigenvalue weighted by atomic mass is 10.0. The van der Waals surface area contributed by atoms with E-state index in [2.05, 4.69) is 15.2 Å². The number of carbonyl (C=O) groups is 1. The fourth-order valence-electron chi connectivity index (χ4n) is 3.50. The summed E-state index contributed by atoms with van der Waals surface area (Å²) in [5.74, 6) is -0.252. The Hall–Kier alpha value is -2.73. The van der Waals surface area contributed by atoms with Gasteiger partial charge in [-0.05, 0) is 67.9 Å². The van der Waals surface area contributed by atoms with Crippen molar-refractivity contribution in [2.45, 2.75) is 18.8 Å². The Morgan fingerprint density at radius 3 is 2.74 bits per heavy atom. The molecule has 1 fully saturated rings. The van der Waals surface area contributed by atoms with Gasteiger partial charge in [0.05, 0.1) is 5.69 Å².